The van der Waals surface area contributed by atoms with Gasteiger partial charge in [0.1, 0.15) is 0 Å². The molecule has 0 aromatic heterocycles. The number of benzene rings is 1. The van der Waals surface area contributed by atoms with Gasteiger partial charge in [0.05, 0.1) is 0 Å². The Morgan fingerprint density at radius 3 is 2.58 bits per heavy atom. The van der Waals surface area contributed by atoms with E-state index in [2.05, 4.69) is 34.9 Å². The van der Waals surface area contributed by atoms with Crippen LogP contribution in [0.2, 0.25) is 0 Å². The summed E-state index contributed by atoms with van der Waals surface area (Å²) >= 11 is 0. The summed E-state index contributed by atoms with van der Waals surface area (Å²) in [5.74, 6) is 2.78. The Kier molecular flexibility index (Phi) is 2.99. The van der Waals surface area contributed by atoms with Crippen LogP contribution in [0.4, 0.5) is 5.69 Å². The summed E-state index contributed by atoms with van der Waals surface area (Å²) in [6.45, 7) is 2.32. The Labute approximate surface area is 116 Å². The molecule has 0 radical (unpaired) electrons. The fourth-order valence-electron chi connectivity index (χ4n) is 3.58. The first-order chi connectivity index (χ1) is 9.40. The highest BCUT2D eigenvalue weighted by atomic mass is 15.0. The molecule has 0 bridgehead atoms. The standard InChI is InChI=1S/C17H24N2/c1-2-4-16-15(3-1)9-12(10-18-16)11-19-17(13-5-6-13)14-7-8-14/h1-4,12-14,17-19H,5-11H2. The lowest BCUT2D eigenvalue weighted by atomic mass is 9.93. The zero-order valence-electron chi connectivity index (χ0n) is 11.6. The molecule has 2 saturated carbocycles. The van der Waals surface area contributed by atoms with Gasteiger partial charge in [-0.3, -0.25) is 0 Å². The molecule has 1 aromatic rings. The molecule has 0 spiro atoms. The highest BCUT2D eigenvalue weighted by Crippen LogP contribution is 2.44. The zero-order chi connectivity index (χ0) is 12.7. The normalized spacial score (nSPS) is 26.1. The first-order valence-electron chi connectivity index (χ1n) is 7.95. The lowest BCUT2D eigenvalue weighted by molar-refractivity contribution is 0.373. The van der Waals surface area contributed by atoms with E-state index >= 15 is 0 Å². The molecule has 0 saturated heterocycles. The van der Waals surface area contributed by atoms with Crippen LogP contribution in [0.5, 0.6) is 0 Å². The fourth-order valence-corrected chi connectivity index (χ4v) is 3.58. The summed E-state index contributed by atoms with van der Waals surface area (Å²) in [4.78, 5) is 0. The van der Waals surface area contributed by atoms with Crippen molar-refractivity contribution < 1.29 is 0 Å². The molecule has 2 nitrogen and oxygen atoms in total. The van der Waals surface area contributed by atoms with E-state index in [1.165, 1.54) is 49.9 Å². The van der Waals surface area contributed by atoms with E-state index in [-0.39, 0.29) is 0 Å². The third-order valence-corrected chi connectivity index (χ3v) is 5.01. The average Bonchev–Trinajstić information content (AvgIpc) is 3.32. The van der Waals surface area contributed by atoms with Gasteiger partial charge >= 0.3 is 0 Å². The van der Waals surface area contributed by atoms with Crippen molar-refractivity contribution in [3.63, 3.8) is 0 Å². The quantitative estimate of drug-likeness (QED) is 0.846. The summed E-state index contributed by atoms with van der Waals surface area (Å²) in [6, 6.07) is 9.61. The number of hydrogen-bond acceptors (Lipinski definition) is 2. The molecule has 0 amide bonds. The molecule has 1 heterocycles. The van der Waals surface area contributed by atoms with Crippen molar-refractivity contribution in [2.45, 2.75) is 38.1 Å². The molecule has 2 N–H and O–H groups in total. The Hall–Kier alpha value is -1.02. The van der Waals surface area contributed by atoms with E-state index in [0.29, 0.717) is 0 Å². The zero-order valence-corrected chi connectivity index (χ0v) is 11.6. The lowest BCUT2D eigenvalue weighted by Crippen LogP contribution is -2.40. The van der Waals surface area contributed by atoms with Gasteiger partial charge in [-0.2, -0.15) is 0 Å². The van der Waals surface area contributed by atoms with Crippen molar-refractivity contribution in [2.24, 2.45) is 17.8 Å². The van der Waals surface area contributed by atoms with Crippen LogP contribution in [-0.2, 0) is 6.42 Å². The van der Waals surface area contributed by atoms with Crippen LogP contribution in [-0.4, -0.2) is 19.1 Å². The second kappa shape index (κ2) is 4.82. The van der Waals surface area contributed by atoms with Gasteiger partial charge in [0.2, 0.25) is 0 Å². The van der Waals surface area contributed by atoms with E-state index in [1.54, 1.807) is 0 Å². The first kappa shape index (κ1) is 11.8. The van der Waals surface area contributed by atoms with Crippen LogP contribution in [0, 0.1) is 17.8 Å². The number of anilines is 1. The highest BCUT2D eigenvalue weighted by molar-refractivity contribution is 5.53. The average molecular weight is 256 g/mol. The molecular formula is C17H24N2. The maximum atomic E-state index is 3.90. The largest absolute Gasteiger partial charge is 0.384 e. The van der Waals surface area contributed by atoms with Gasteiger partial charge in [0.25, 0.3) is 0 Å². The predicted molar refractivity (Wildman–Crippen MR) is 79.4 cm³/mol. The second-order valence-electron chi connectivity index (χ2n) is 6.72. The highest BCUT2D eigenvalue weighted by Gasteiger charge is 2.41. The SMILES string of the molecule is c1ccc2c(c1)CC(CNC(C1CC1)C1CC1)CN2. The minimum atomic E-state index is 0.759. The third kappa shape index (κ3) is 2.64. The summed E-state index contributed by atoms with van der Waals surface area (Å²) in [7, 11) is 0. The minimum absolute atomic E-state index is 0.759. The number of hydrogen-bond donors (Lipinski definition) is 2. The van der Waals surface area contributed by atoms with Gasteiger partial charge in [-0.1, -0.05) is 18.2 Å². The maximum absolute atomic E-state index is 3.90. The van der Waals surface area contributed by atoms with E-state index in [0.717, 1.165) is 30.3 Å². The topological polar surface area (TPSA) is 24.1 Å². The van der Waals surface area contributed by atoms with E-state index in [4.69, 9.17) is 0 Å². The van der Waals surface area contributed by atoms with E-state index < -0.39 is 0 Å². The number of nitrogens with one attached hydrogen (secondary N) is 2. The summed E-state index contributed by atoms with van der Waals surface area (Å²) < 4.78 is 0. The fraction of sp³-hybridized carbons (Fsp3) is 0.647. The molecule has 3 aliphatic rings. The van der Waals surface area contributed by atoms with Crippen LogP contribution in [0.1, 0.15) is 31.2 Å². The first-order valence-corrected chi connectivity index (χ1v) is 7.95. The second-order valence-corrected chi connectivity index (χ2v) is 6.72. The van der Waals surface area contributed by atoms with Crippen LogP contribution >= 0.6 is 0 Å². The molecule has 1 aromatic carbocycles. The third-order valence-electron chi connectivity index (χ3n) is 5.01. The van der Waals surface area contributed by atoms with Gasteiger partial charge in [-0.15, -0.1) is 0 Å². The Morgan fingerprint density at radius 1 is 1.11 bits per heavy atom. The smallest absolute Gasteiger partial charge is 0.0372 e. The van der Waals surface area contributed by atoms with Crippen molar-refractivity contribution in [1.29, 1.82) is 0 Å². The molecule has 1 unspecified atom stereocenters. The Bertz CT molecular complexity index is 436. The summed E-state index contributed by atoms with van der Waals surface area (Å²) in [5.41, 5.74) is 2.84. The maximum Gasteiger partial charge on any atom is 0.0372 e. The van der Waals surface area contributed by atoms with Crippen molar-refractivity contribution in [2.75, 3.05) is 18.4 Å². The van der Waals surface area contributed by atoms with Gasteiger partial charge in [-0.25, -0.2) is 0 Å². The van der Waals surface area contributed by atoms with Crippen molar-refractivity contribution in [1.82, 2.24) is 5.32 Å². The minimum Gasteiger partial charge on any atom is -0.384 e. The monoisotopic (exact) mass is 256 g/mol. The van der Waals surface area contributed by atoms with E-state index in [9.17, 15) is 0 Å². The molecule has 102 valence electrons. The Morgan fingerprint density at radius 2 is 1.84 bits per heavy atom. The lowest BCUT2D eigenvalue weighted by Gasteiger charge is -2.28. The molecule has 1 atom stereocenters. The van der Waals surface area contributed by atoms with Crippen molar-refractivity contribution in [3.05, 3.63) is 29.8 Å². The molecular weight excluding hydrogens is 232 g/mol. The van der Waals surface area contributed by atoms with Crippen molar-refractivity contribution >= 4 is 5.69 Å². The van der Waals surface area contributed by atoms with Crippen LogP contribution in [0.3, 0.4) is 0 Å². The van der Waals surface area contributed by atoms with Crippen LogP contribution in [0.25, 0.3) is 0 Å². The van der Waals surface area contributed by atoms with Gasteiger partial charge < -0.3 is 10.6 Å². The summed E-state index contributed by atoms with van der Waals surface area (Å²) in [5, 5.41) is 7.49. The number of fused-ring (bicyclic) bond motifs is 1. The van der Waals surface area contributed by atoms with Crippen LogP contribution < -0.4 is 10.6 Å². The summed E-state index contributed by atoms with van der Waals surface area (Å²) in [6.07, 6.45) is 7.12. The molecule has 2 aliphatic carbocycles. The van der Waals surface area contributed by atoms with E-state index in [1.807, 2.05) is 0 Å². The van der Waals surface area contributed by atoms with Gasteiger partial charge in [-0.05, 0) is 61.5 Å². The number of rotatable bonds is 5. The molecule has 1 aliphatic heterocycles. The van der Waals surface area contributed by atoms with Gasteiger partial charge in [0.15, 0.2) is 0 Å². The van der Waals surface area contributed by atoms with Gasteiger partial charge in [0, 0.05) is 24.8 Å². The Balaban J connectivity index is 1.34. The van der Waals surface area contributed by atoms with Crippen LogP contribution in [0.15, 0.2) is 24.3 Å². The predicted octanol–water partition coefficient (Wildman–Crippen LogP) is 3.05. The molecule has 2 heteroatoms. The van der Waals surface area contributed by atoms with Crippen molar-refractivity contribution in [3.8, 4) is 0 Å². The number of para-hydroxylation sites is 1. The molecule has 4 rings (SSSR count). The molecule has 2 fully saturated rings. The molecule has 19 heavy (non-hydrogen) atoms.